The van der Waals surface area contributed by atoms with Gasteiger partial charge in [0.25, 0.3) is 0 Å². The quantitative estimate of drug-likeness (QED) is 0.831. The van der Waals surface area contributed by atoms with Crippen LogP contribution in [-0.4, -0.2) is 24.2 Å². The lowest BCUT2D eigenvalue weighted by Gasteiger charge is -2.22. The summed E-state index contributed by atoms with van der Waals surface area (Å²) in [5.41, 5.74) is 2.38. The van der Waals surface area contributed by atoms with Crippen molar-refractivity contribution in [3.05, 3.63) is 29.3 Å². The van der Waals surface area contributed by atoms with Crippen LogP contribution in [0.15, 0.2) is 18.2 Å². The van der Waals surface area contributed by atoms with E-state index >= 15 is 0 Å². The van der Waals surface area contributed by atoms with Gasteiger partial charge in [0.1, 0.15) is 0 Å². The fourth-order valence-corrected chi connectivity index (χ4v) is 2.39. The van der Waals surface area contributed by atoms with Crippen molar-refractivity contribution in [3.63, 3.8) is 0 Å². The highest BCUT2D eigenvalue weighted by Crippen LogP contribution is 2.30. The number of benzene rings is 1. The Hall–Kier alpha value is -1.51. The molecule has 1 aromatic rings. The van der Waals surface area contributed by atoms with Gasteiger partial charge in [0.2, 0.25) is 0 Å². The second-order valence-electron chi connectivity index (χ2n) is 4.62. The molecule has 1 aromatic carbocycles. The highest BCUT2D eigenvalue weighted by Gasteiger charge is 2.24. The number of nitrogens with zero attached hydrogens (tertiary/aromatic N) is 1. The Morgan fingerprint density at radius 2 is 2.25 bits per heavy atom. The normalized spacial score (nSPS) is 20.1. The maximum atomic E-state index is 11.2. The zero-order chi connectivity index (χ0) is 11.7. The van der Waals surface area contributed by atoms with Crippen molar-refractivity contribution in [1.29, 1.82) is 0 Å². The molecule has 0 spiro atoms. The van der Waals surface area contributed by atoms with Gasteiger partial charge in [-0.05, 0) is 30.9 Å². The molecule has 3 nitrogen and oxygen atoms in total. The Morgan fingerprint density at radius 3 is 2.81 bits per heavy atom. The zero-order valence-electron chi connectivity index (χ0n) is 9.73. The van der Waals surface area contributed by atoms with Crippen molar-refractivity contribution in [2.75, 3.05) is 18.0 Å². The van der Waals surface area contributed by atoms with Crippen LogP contribution in [0.2, 0.25) is 0 Å². The fourth-order valence-electron chi connectivity index (χ4n) is 2.39. The van der Waals surface area contributed by atoms with Gasteiger partial charge >= 0.3 is 5.97 Å². The zero-order valence-corrected chi connectivity index (χ0v) is 9.73. The Bertz CT molecular complexity index is 414. The molecule has 0 aromatic heterocycles. The highest BCUT2D eigenvalue weighted by atomic mass is 16.4. The summed E-state index contributed by atoms with van der Waals surface area (Å²) in [6.07, 6.45) is 1.15. The van der Waals surface area contributed by atoms with E-state index in [2.05, 4.69) is 11.8 Å². The van der Waals surface area contributed by atoms with Gasteiger partial charge in [-0.2, -0.15) is 0 Å². The van der Waals surface area contributed by atoms with E-state index < -0.39 is 5.97 Å². The van der Waals surface area contributed by atoms with Crippen molar-refractivity contribution in [1.82, 2.24) is 0 Å². The van der Waals surface area contributed by atoms with Crippen molar-refractivity contribution in [2.24, 2.45) is 5.92 Å². The van der Waals surface area contributed by atoms with Crippen LogP contribution in [0.4, 0.5) is 5.69 Å². The average molecular weight is 219 g/mol. The minimum Gasteiger partial charge on any atom is -0.478 e. The van der Waals surface area contributed by atoms with Crippen LogP contribution in [-0.2, 0) is 0 Å². The standard InChI is InChI=1S/C13H17NO2/c1-9-6-7-14(8-9)12-10(2)4-3-5-11(12)13(15)16/h3-5,9H,6-8H2,1-2H3,(H,15,16). The molecule has 0 radical (unpaired) electrons. The number of carboxylic acid groups (broad SMARTS) is 1. The molecule has 1 N–H and O–H groups in total. The van der Waals surface area contributed by atoms with Gasteiger partial charge in [0, 0.05) is 13.1 Å². The number of aryl methyl sites for hydroxylation is 1. The second kappa shape index (κ2) is 4.16. The van der Waals surface area contributed by atoms with E-state index in [1.165, 1.54) is 0 Å². The summed E-state index contributed by atoms with van der Waals surface area (Å²) in [4.78, 5) is 13.4. The van der Waals surface area contributed by atoms with E-state index in [-0.39, 0.29) is 0 Å². The molecule has 1 fully saturated rings. The molecule has 1 unspecified atom stereocenters. The third-order valence-corrected chi connectivity index (χ3v) is 3.21. The number of carbonyl (C=O) groups is 1. The molecule has 1 saturated heterocycles. The monoisotopic (exact) mass is 219 g/mol. The summed E-state index contributed by atoms with van der Waals surface area (Å²) < 4.78 is 0. The van der Waals surface area contributed by atoms with Crippen molar-refractivity contribution >= 4 is 11.7 Å². The van der Waals surface area contributed by atoms with Crippen LogP contribution in [0.5, 0.6) is 0 Å². The van der Waals surface area contributed by atoms with Gasteiger partial charge < -0.3 is 10.0 Å². The number of carboxylic acids is 1. The van der Waals surface area contributed by atoms with Gasteiger partial charge in [-0.1, -0.05) is 19.1 Å². The summed E-state index contributed by atoms with van der Waals surface area (Å²) in [6.45, 7) is 6.11. The van der Waals surface area contributed by atoms with E-state index in [9.17, 15) is 9.90 Å². The third kappa shape index (κ3) is 1.90. The van der Waals surface area contributed by atoms with E-state index in [1.54, 1.807) is 6.07 Å². The molecule has 16 heavy (non-hydrogen) atoms. The predicted octanol–water partition coefficient (Wildman–Crippen LogP) is 2.54. The lowest BCUT2D eigenvalue weighted by Crippen LogP contribution is -2.22. The third-order valence-electron chi connectivity index (χ3n) is 3.21. The maximum absolute atomic E-state index is 11.2. The first kappa shape index (κ1) is 11.0. The molecule has 2 rings (SSSR count). The van der Waals surface area contributed by atoms with Crippen molar-refractivity contribution < 1.29 is 9.90 Å². The van der Waals surface area contributed by atoms with Gasteiger partial charge in [-0.3, -0.25) is 0 Å². The lowest BCUT2D eigenvalue weighted by molar-refractivity contribution is 0.0697. The Labute approximate surface area is 95.7 Å². The highest BCUT2D eigenvalue weighted by molar-refractivity contribution is 5.95. The molecule has 86 valence electrons. The maximum Gasteiger partial charge on any atom is 0.337 e. The number of hydrogen-bond acceptors (Lipinski definition) is 2. The van der Waals surface area contributed by atoms with E-state index in [0.29, 0.717) is 11.5 Å². The summed E-state index contributed by atoms with van der Waals surface area (Å²) in [7, 11) is 0. The second-order valence-corrected chi connectivity index (χ2v) is 4.62. The average Bonchev–Trinajstić information content (AvgIpc) is 2.64. The van der Waals surface area contributed by atoms with Crippen molar-refractivity contribution in [3.8, 4) is 0 Å². The predicted molar refractivity (Wildman–Crippen MR) is 64.1 cm³/mol. The molecule has 1 heterocycles. The largest absolute Gasteiger partial charge is 0.478 e. The summed E-state index contributed by atoms with van der Waals surface area (Å²) in [5, 5.41) is 9.19. The lowest BCUT2D eigenvalue weighted by atomic mass is 10.1. The fraction of sp³-hybridized carbons (Fsp3) is 0.462. The smallest absolute Gasteiger partial charge is 0.337 e. The summed E-state index contributed by atoms with van der Waals surface area (Å²) >= 11 is 0. The number of hydrogen-bond donors (Lipinski definition) is 1. The van der Waals surface area contributed by atoms with E-state index in [1.807, 2.05) is 19.1 Å². The van der Waals surface area contributed by atoms with E-state index in [4.69, 9.17) is 0 Å². The van der Waals surface area contributed by atoms with Crippen LogP contribution >= 0.6 is 0 Å². The first-order chi connectivity index (χ1) is 7.59. The van der Waals surface area contributed by atoms with Crippen LogP contribution in [0.25, 0.3) is 0 Å². The first-order valence-corrected chi connectivity index (χ1v) is 5.67. The van der Waals surface area contributed by atoms with Gasteiger partial charge in [0.15, 0.2) is 0 Å². The van der Waals surface area contributed by atoms with Crippen LogP contribution in [0, 0.1) is 12.8 Å². The molecule has 0 amide bonds. The van der Waals surface area contributed by atoms with Crippen LogP contribution < -0.4 is 4.90 Å². The van der Waals surface area contributed by atoms with E-state index in [0.717, 1.165) is 30.8 Å². The molecule has 3 heteroatoms. The van der Waals surface area contributed by atoms with Crippen LogP contribution in [0.3, 0.4) is 0 Å². The molecule has 0 saturated carbocycles. The number of anilines is 1. The van der Waals surface area contributed by atoms with Gasteiger partial charge in [0.05, 0.1) is 11.3 Å². The first-order valence-electron chi connectivity index (χ1n) is 5.67. The molecule has 1 atom stereocenters. The Balaban J connectivity index is 2.42. The summed E-state index contributed by atoms with van der Waals surface area (Å²) in [6, 6.07) is 5.47. The molecule has 0 aliphatic carbocycles. The summed E-state index contributed by atoms with van der Waals surface area (Å²) in [5.74, 6) is -0.181. The SMILES string of the molecule is Cc1cccc(C(=O)O)c1N1CCC(C)C1. The van der Waals surface area contributed by atoms with Crippen LogP contribution in [0.1, 0.15) is 29.3 Å². The molecular weight excluding hydrogens is 202 g/mol. The van der Waals surface area contributed by atoms with Gasteiger partial charge in [-0.15, -0.1) is 0 Å². The minimum absolute atomic E-state index is 0.425. The molecule has 1 aliphatic rings. The topological polar surface area (TPSA) is 40.5 Å². The number of aromatic carboxylic acids is 1. The Morgan fingerprint density at radius 1 is 1.50 bits per heavy atom. The molecular formula is C13H17NO2. The molecule has 0 bridgehead atoms. The minimum atomic E-state index is -0.835. The van der Waals surface area contributed by atoms with Gasteiger partial charge in [-0.25, -0.2) is 4.79 Å². The van der Waals surface area contributed by atoms with Crippen molar-refractivity contribution in [2.45, 2.75) is 20.3 Å². The Kier molecular flexibility index (Phi) is 2.86. The number of rotatable bonds is 2. The molecule has 1 aliphatic heterocycles. The number of para-hydroxylation sites is 1.